The second kappa shape index (κ2) is 7.25. The van der Waals surface area contributed by atoms with Gasteiger partial charge in [-0.3, -0.25) is 4.79 Å². The number of para-hydroxylation sites is 1. The summed E-state index contributed by atoms with van der Waals surface area (Å²) in [5, 5.41) is 1.02. The van der Waals surface area contributed by atoms with E-state index in [1.165, 1.54) is 12.0 Å². The Morgan fingerprint density at radius 1 is 1.20 bits per heavy atom. The van der Waals surface area contributed by atoms with Crippen molar-refractivity contribution in [2.45, 2.75) is 18.5 Å². The number of methoxy groups -OCH3 is 1. The third kappa shape index (κ3) is 2.81. The number of fused-ring (bicyclic) bond motifs is 4. The number of nitrogens with zero attached hydrogens (tertiary/aromatic N) is 1. The molecule has 30 heavy (non-hydrogen) atoms. The van der Waals surface area contributed by atoms with Gasteiger partial charge in [0, 0.05) is 23.0 Å². The lowest BCUT2D eigenvalue weighted by molar-refractivity contribution is -0.154. The standard InChI is InChI=1S/C22H19ClN2O5/c1-28-22(27)16-9-14-13-4-2-3-5-15(13)24-20(14)21(25(16)19(26)10-23)12-6-7-17-18(8-12)30-11-29-17/h2-8,16,21,24H,9-11H2,1H3/t16-,21+/m0/s1. The molecule has 3 heterocycles. The minimum atomic E-state index is -0.789. The maximum atomic E-state index is 13.0. The highest BCUT2D eigenvalue weighted by atomic mass is 35.5. The summed E-state index contributed by atoms with van der Waals surface area (Å²) in [4.78, 5) is 30.7. The van der Waals surface area contributed by atoms with Gasteiger partial charge < -0.3 is 24.1 Å². The fourth-order valence-corrected chi connectivity index (χ4v) is 4.55. The zero-order valence-corrected chi connectivity index (χ0v) is 16.9. The first-order valence-corrected chi connectivity index (χ1v) is 10.1. The Balaban J connectivity index is 1.75. The molecule has 0 bridgehead atoms. The van der Waals surface area contributed by atoms with Gasteiger partial charge in [-0.25, -0.2) is 4.79 Å². The van der Waals surface area contributed by atoms with E-state index in [1.807, 2.05) is 42.5 Å². The third-order valence-corrected chi connectivity index (χ3v) is 5.95. The van der Waals surface area contributed by atoms with Crippen LogP contribution in [0.5, 0.6) is 11.5 Å². The topological polar surface area (TPSA) is 80.9 Å². The van der Waals surface area contributed by atoms with E-state index in [0.717, 1.165) is 27.7 Å². The molecule has 1 amide bonds. The van der Waals surface area contributed by atoms with Gasteiger partial charge in [0.15, 0.2) is 11.5 Å². The van der Waals surface area contributed by atoms with E-state index in [1.54, 1.807) is 0 Å². The second-order valence-electron chi connectivity index (χ2n) is 7.26. The minimum Gasteiger partial charge on any atom is -0.467 e. The van der Waals surface area contributed by atoms with E-state index in [2.05, 4.69) is 4.98 Å². The van der Waals surface area contributed by atoms with Crippen molar-refractivity contribution in [3.8, 4) is 11.5 Å². The Morgan fingerprint density at radius 3 is 2.80 bits per heavy atom. The summed E-state index contributed by atoms with van der Waals surface area (Å²) in [5.74, 6) is 0.174. The number of esters is 1. The van der Waals surface area contributed by atoms with Crippen LogP contribution in [0.25, 0.3) is 10.9 Å². The second-order valence-corrected chi connectivity index (χ2v) is 7.52. The highest BCUT2D eigenvalue weighted by Gasteiger charge is 2.44. The van der Waals surface area contributed by atoms with E-state index in [4.69, 9.17) is 25.8 Å². The van der Waals surface area contributed by atoms with E-state index in [0.29, 0.717) is 17.9 Å². The van der Waals surface area contributed by atoms with Gasteiger partial charge in [0.05, 0.1) is 13.2 Å². The molecule has 5 rings (SSSR count). The molecule has 2 aromatic carbocycles. The molecule has 0 spiro atoms. The van der Waals surface area contributed by atoms with Gasteiger partial charge >= 0.3 is 5.97 Å². The largest absolute Gasteiger partial charge is 0.467 e. The number of alkyl halides is 1. The fourth-order valence-electron chi connectivity index (χ4n) is 4.42. The predicted octanol–water partition coefficient (Wildman–Crippen LogP) is 3.15. The summed E-state index contributed by atoms with van der Waals surface area (Å²) in [5.41, 5.74) is 3.58. The Labute approximate surface area is 177 Å². The number of carbonyl (C=O) groups excluding carboxylic acids is 2. The van der Waals surface area contributed by atoms with Crippen molar-refractivity contribution in [2.24, 2.45) is 0 Å². The molecule has 7 nitrogen and oxygen atoms in total. The quantitative estimate of drug-likeness (QED) is 0.514. The molecule has 3 aromatic rings. The van der Waals surface area contributed by atoms with Crippen LogP contribution >= 0.6 is 11.6 Å². The van der Waals surface area contributed by atoms with Crippen molar-refractivity contribution in [1.29, 1.82) is 0 Å². The number of rotatable bonds is 3. The monoisotopic (exact) mass is 426 g/mol. The number of aromatic amines is 1. The average Bonchev–Trinajstić information content (AvgIpc) is 3.40. The summed E-state index contributed by atoms with van der Waals surface area (Å²) < 4.78 is 16.0. The van der Waals surface area contributed by atoms with E-state index in [-0.39, 0.29) is 18.6 Å². The number of benzene rings is 2. The first-order valence-electron chi connectivity index (χ1n) is 9.56. The molecule has 0 aliphatic carbocycles. The molecule has 0 unspecified atom stereocenters. The van der Waals surface area contributed by atoms with Crippen LogP contribution in [0.1, 0.15) is 22.9 Å². The van der Waals surface area contributed by atoms with Gasteiger partial charge in [0.2, 0.25) is 12.7 Å². The maximum Gasteiger partial charge on any atom is 0.328 e. The molecule has 1 aromatic heterocycles. The van der Waals surface area contributed by atoms with Gasteiger partial charge in [-0.1, -0.05) is 24.3 Å². The molecule has 2 aliphatic rings. The van der Waals surface area contributed by atoms with Crippen LogP contribution in [-0.4, -0.2) is 47.6 Å². The SMILES string of the molecule is COC(=O)[C@@H]1Cc2c([nH]c3ccccc23)[C@@H](c2ccc3c(c2)OCO3)N1C(=O)CCl. The van der Waals surface area contributed by atoms with Crippen molar-refractivity contribution in [3.05, 3.63) is 59.3 Å². The Bertz CT molecular complexity index is 1160. The van der Waals surface area contributed by atoms with Crippen LogP contribution in [0.15, 0.2) is 42.5 Å². The number of hydrogen-bond acceptors (Lipinski definition) is 5. The number of nitrogens with one attached hydrogen (secondary N) is 1. The summed E-state index contributed by atoms with van der Waals surface area (Å²) in [7, 11) is 1.33. The van der Waals surface area contributed by atoms with Crippen LogP contribution in [0.3, 0.4) is 0 Å². The number of halogens is 1. The first-order chi connectivity index (χ1) is 14.6. The first kappa shape index (κ1) is 18.8. The smallest absolute Gasteiger partial charge is 0.328 e. The Morgan fingerprint density at radius 2 is 2.00 bits per heavy atom. The number of aromatic nitrogens is 1. The average molecular weight is 427 g/mol. The normalized spacial score (nSPS) is 19.6. The molecular formula is C22H19ClN2O5. The molecule has 2 aliphatic heterocycles. The van der Waals surface area contributed by atoms with Crippen molar-refractivity contribution in [2.75, 3.05) is 19.8 Å². The molecule has 0 fully saturated rings. The lowest BCUT2D eigenvalue weighted by atomic mass is 9.87. The fraction of sp³-hybridized carbons (Fsp3) is 0.273. The summed E-state index contributed by atoms with van der Waals surface area (Å²) in [6.45, 7) is 0.149. The summed E-state index contributed by atoms with van der Waals surface area (Å²) in [6.07, 6.45) is 0.343. The van der Waals surface area contributed by atoms with E-state index < -0.39 is 18.1 Å². The highest BCUT2D eigenvalue weighted by molar-refractivity contribution is 6.27. The van der Waals surface area contributed by atoms with Crippen molar-refractivity contribution in [1.82, 2.24) is 9.88 Å². The lowest BCUT2D eigenvalue weighted by Crippen LogP contribution is -2.52. The zero-order valence-electron chi connectivity index (χ0n) is 16.2. The predicted molar refractivity (Wildman–Crippen MR) is 110 cm³/mol. The molecule has 0 saturated heterocycles. The molecule has 154 valence electrons. The third-order valence-electron chi connectivity index (χ3n) is 5.72. The molecule has 0 radical (unpaired) electrons. The van der Waals surface area contributed by atoms with Crippen LogP contribution in [0.4, 0.5) is 0 Å². The number of carbonyl (C=O) groups is 2. The van der Waals surface area contributed by atoms with Crippen LogP contribution in [0.2, 0.25) is 0 Å². The molecule has 1 N–H and O–H groups in total. The summed E-state index contributed by atoms with van der Waals surface area (Å²) in [6, 6.07) is 12.1. The van der Waals surface area contributed by atoms with Gasteiger partial charge in [0.1, 0.15) is 11.9 Å². The van der Waals surface area contributed by atoms with Gasteiger partial charge in [-0.05, 0) is 29.3 Å². The molecule has 8 heteroatoms. The maximum absolute atomic E-state index is 13.0. The highest BCUT2D eigenvalue weighted by Crippen LogP contribution is 2.44. The Hall–Kier alpha value is -3.19. The van der Waals surface area contributed by atoms with Crippen LogP contribution < -0.4 is 9.47 Å². The minimum absolute atomic E-state index is 0.149. The van der Waals surface area contributed by atoms with Gasteiger partial charge in [0.25, 0.3) is 0 Å². The lowest BCUT2D eigenvalue weighted by Gasteiger charge is -2.40. The van der Waals surface area contributed by atoms with Crippen molar-refractivity contribution < 1.29 is 23.8 Å². The Kier molecular flexibility index (Phi) is 4.55. The number of H-pyrrole nitrogens is 1. The van der Waals surface area contributed by atoms with Crippen molar-refractivity contribution >= 4 is 34.4 Å². The molecular weight excluding hydrogens is 408 g/mol. The van der Waals surface area contributed by atoms with Crippen molar-refractivity contribution in [3.63, 3.8) is 0 Å². The van der Waals surface area contributed by atoms with E-state index >= 15 is 0 Å². The van der Waals surface area contributed by atoms with Crippen LogP contribution in [-0.2, 0) is 20.7 Å². The zero-order chi connectivity index (χ0) is 20.8. The van der Waals surface area contributed by atoms with Gasteiger partial charge in [-0.15, -0.1) is 11.6 Å². The van der Waals surface area contributed by atoms with E-state index in [9.17, 15) is 9.59 Å². The summed E-state index contributed by atoms with van der Waals surface area (Å²) >= 11 is 5.95. The number of ether oxygens (including phenoxy) is 3. The van der Waals surface area contributed by atoms with Crippen LogP contribution in [0, 0.1) is 0 Å². The van der Waals surface area contributed by atoms with Gasteiger partial charge in [-0.2, -0.15) is 0 Å². The molecule has 0 saturated carbocycles. The number of amides is 1. The number of hydrogen-bond donors (Lipinski definition) is 1. The molecule has 2 atom stereocenters.